The molecular formula is C20H23FN8O4. The van der Waals surface area contributed by atoms with Gasteiger partial charge in [-0.2, -0.15) is 0 Å². The predicted molar refractivity (Wildman–Crippen MR) is 114 cm³/mol. The monoisotopic (exact) mass is 458 g/mol. The van der Waals surface area contributed by atoms with Crippen molar-refractivity contribution in [3.05, 3.63) is 63.1 Å². The fourth-order valence-corrected chi connectivity index (χ4v) is 3.15. The Morgan fingerprint density at radius 1 is 1.27 bits per heavy atom. The quantitative estimate of drug-likeness (QED) is 0.343. The molecule has 0 aliphatic carbocycles. The number of nitrogens with two attached hydrogens (primary N) is 1. The molecule has 0 spiro atoms. The summed E-state index contributed by atoms with van der Waals surface area (Å²) >= 11 is 0. The molecule has 3 heterocycles. The first-order valence-corrected chi connectivity index (χ1v) is 10.1. The van der Waals surface area contributed by atoms with E-state index in [9.17, 15) is 23.6 Å². The van der Waals surface area contributed by atoms with Crippen LogP contribution >= 0.6 is 0 Å². The van der Waals surface area contributed by atoms with Crippen molar-refractivity contribution >= 4 is 11.8 Å². The molecule has 1 atom stereocenters. The van der Waals surface area contributed by atoms with Crippen LogP contribution in [-0.4, -0.2) is 47.4 Å². The maximum atomic E-state index is 13.8. The smallest absolute Gasteiger partial charge is 0.328 e. The summed E-state index contributed by atoms with van der Waals surface area (Å²) in [6.07, 6.45) is 6.84. The highest BCUT2D eigenvalue weighted by atomic mass is 19.1. The number of pyridine rings is 1. The van der Waals surface area contributed by atoms with Gasteiger partial charge in [0, 0.05) is 30.1 Å². The molecule has 3 rings (SSSR count). The van der Waals surface area contributed by atoms with E-state index in [1.807, 2.05) is 0 Å². The Morgan fingerprint density at radius 2 is 2.06 bits per heavy atom. The summed E-state index contributed by atoms with van der Waals surface area (Å²) in [5, 5.41) is 10.4. The number of aromatic amines is 1. The van der Waals surface area contributed by atoms with Crippen LogP contribution in [0.3, 0.4) is 0 Å². The largest absolute Gasteiger partial charge is 0.368 e. The molecule has 13 heteroatoms. The fraction of sp³-hybridized carbons (Fsp3) is 0.350. The number of aryl methyl sites for hydroxylation is 2. The number of H-pyrrole nitrogens is 1. The summed E-state index contributed by atoms with van der Waals surface area (Å²) in [5.41, 5.74) is 5.08. The van der Waals surface area contributed by atoms with Crippen molar-refractivity contribution in [2.45, 2.75) is 45.3 Å². The minimum Gasteiger partial charge on any atom is -0.368 e. The number of halogens is 1. The number of hydrogen-bond acceptors (Lipinski definition) is 7. The molecule has 174 valence electrons. The van der Waals surface area contributed by atoms with Crippen LogP contribution in [0, 0.1) is 12.7 Å². The standard InChI is InChI=1S/C20H23FN8O4/c1-12-9-28(20(33)25-19(12)32)11-17(30)24-15(18(22)31)4-2-3-7-29-10-16(26-27-29)13-5-6-23-8-14(13)21/h5-6,8-10,15H,2-4,7,11H2,1H3,(H2,22,31)(H,24,30)(H,25,32,33)/t15-/m0/s1. The first kappa shape index (κ1) is 23.5. The third-order valence-electron chi connectivity index (χ3n) is 4.90. The van der Waals surface area contributed by atoms with Gasteiger partial charge in [-0.15, -0.1) is 5.10 Å². The van der Waals surface area contributed by atoms with Crippen LogP contribution in [0.4, 0.5) is 4.39 Å². The maximum Gasteiger partial charge on any atom is 0.328 e. The van der Waals surface area contributed by atoms with Gasteiger partial charge in [0.2, 0.25) is 11.8 Å². The number of carbonyl (C=O) groups excluding carboxylic acids is 2. The lowest BCUT2D eigenvalue weighted by Gasteiger charge is -2.16. The van der Waals surface area contributed by atoms with Gasteiger partial charge >= 0.3 is 5.69 Å². The average molecular weight is 458 g/mol. The number of unbranched alkanes of at least 4 members (excludes halogenated alkanes) is 1. The number of amides is 2. The van der Waals surface area contributed by atoms with Crippen molar-refractivity contribution in [1.29, 1.82) is 0 Å². The summed E-state index contributed by atoms with van der Waals surface area (Å²) in [6.45, 7) is 1.60. The third-order valence-corrected chi connectivity index (χ3v) is 4.90. The molecule has 0 saturated carbocycles. The van der Waals surface area contributed by atoms with E-state index in [-0.39, 0.29) is 18.5 Å². The van der Waals surface area contributed by atoms with Crippen molar-refractivity contribution in [3.8, 4) is 11.3 Å². The van der Waals surface area contributed by atoms with E-state index >= 15 is 0 Å². The maximum absolute atomic E-state index is 13.8. The van der Waals surface area contributed by atoms with E-state index in [1.165, 1.54) is 25.4 Å². The second-order valence-electron chi connectivity index (χ2n) is 7.44. The van der Waals surface area contributed by atoms with Gasteiger partial charge < -0.3 is 11.1 Å². The van der Waals surface area contributed by atoms with Gasteiger partial charge in [0.05, 0.1) is 12.4 Å². The topological polar surface area (TPSA) is 171 Å². The normalized spacial score (nSPS) is 11.8. The number of rotatable bonds is 10. The van der Waals surface area contributed by atoms with E-state index in [0.717, 1.165) is 10.8 Å². The molecule has 0 aliphatic heterocycles. The van der Waals surface area contributed by atoms with Crippen LogP contribution < -0.4 is 22.3 Å². The van der Waals surface area contributed by atoms with Crippen LogP contribution in [0.25, 0.3) is 11.3 Å². The summed E-state index contributed by atoms with van der Waals surface area (Å²) < 4.78 is 16.4. The Bertz CT molecular complexity index is 1270. The second kappa shape index (κ2) is 10.4. The summed E-state index contributed by atoms with van der Waals surface area (Å²) in [6, 6.07) is 0.584. The Kier molecular flexibility index (Phi) is 7.43. The van der Waals surface area contributed by atoms with Gasteiger partial charge in [-0.25, -0.2) is 9.18 Å². The zero-order valence-corrected chi connectivity index (χ0v) is 17.8. The van der Waals surface area contributed by atoms with E-state index < -0.39 is 34.9 Å². The zero-order chi connectivity index (χ0) is 24.0. The van der Waals surface area contributed by atoms with Crippen LogP contribution in [0.5, 0.6) is 0 Å². The third kappa shape index (κ3) is 6.18. The van der Waals surface area contributed by atoms with E-state index in [1.54, 1.807) is 10.9 Å². The van der Waals surface area contributed by atoms with Gasteiger partial charge in [0.15, 0.2) is 5.82 Å². The number of carbonyl (C=O) groups is 2. The van der Waals surface area contributed by atoms with Gasteiger partial charge in [0.25, 0.3) is 5.56 Å². The number of nitrogens with zero attached hydrogens (tertiary/aromatic N) is 5. The molecule has 4 N–H and O–H groups in total. The Morgan fingerprint density at radius 3 is 2.79 bits per heavy atom. The van der Waals surface area contributed by atoms with Gasteiger partial charge in [-0.05, 0) is 32.3 Å². The van der Waals surface area contributed by atoms with Crippen molar-refractivity contribution in [1.82, 2.24) is 34.8 Å². The molecule has 0 radical (unpaired) electrons. The molecule has 0 aliphatic rings. The molecule has 33 heavy (non-hydrogen) atoms. The highest BCUT2D eigenvalue weighted by Gasteiger charge is 2.18. The molecular weight excluding hydrogens is 435 g/mol. The Balaban J connectivity index is 1.50. The lowest BCUT2D eigenvalue weighted by atomic mass is 10.1. The number of primary amides is 1. The summed E-state index contributed by atoms with van der Waals surface area (Å²) in [5.74, 6) is -1.79. The second-order valence-corrected chi connectivity index (χ2v) is 7.44. The predicted octanol–water partition coefficient (Wildman–Crippen LogP) is -0.522. The number of nitrogens with one attached hydrogen (secondary N) is 2. The SMILES string of the molecule is Cc1cn(CC(=O)N[C@@H](CCCCn2cc(-c3ccncc3F)nn2)C(N)=O)c(=O)[nH]c1=O. The molecule has 0 bridgehead atoms. The average Bonchev–Trinajstić information content (AvgIpc) is 3.23. The zero-order valence-electron chi connectivity index (χ0n) is 17.8. The minimum absolute atomic E-state index is 0.275. The minimum atomic E-state index is -0.922. The first-order valence-electron chi connectivity index (χ1n) is 10.1. The molecule has 2 amide bonds. The van der Waals surface area contributed by atoms with E-state index in [0.29, 0.717) is 30.6 Å². The van der Waals surface area contributed by atoms with E-state index in [4.69, 9.17) is 5.73 Å². The Hall–Kier alpha value is -4.16. The van der Waals surface area contributed by atoms with Crippen LogP contribution in [0.1, 0.15) is 24.8 Å². The molecule has 0 unspecified atom stereocenters. The highest BCUT2D eigenvalue weighted by Crippen LogP contribution is 2.18. The number of hydrogen-bond donors (Lipinski definition) is 3. The lowest BCUT2D eigenvalue weighted by molar-refractivity contribution is -0.127. The van der Waals surface area contributed by atoms with Crippen LogP contribution in [0.15, 0.2) is 40.4 Å². The van der Waals surface area contributed by atoms with Gasteiger partial charge in [-0.3, -0.25) is 33.6 Å². The molecule has 0 fully saturated rings. The fourth-order valence-electron chi connectivity index (χ4n) is 3.15. The van der Waals surface area contributed by atoms with Crippen molar-refractivity contribution in [3.63, 3.8) is 0 Å². The lowest BCUT2D eigenvalue weighted by Crippen LogP contribution is -2.46. The van der Waals surface area contributed by atoms with Crippen LogP contribution in [0.2, 0.25) is 0 Å². The van der Waals surface area contributed by atoms with Gasteiger partial charge in [-0.1, -0.05) is 5.21 Å². The molecule has 3 aromatic heterocycles. The van der Waals surface area contributed by atoms with Crippen LogP contribution in [-0.2, 0) is 22.7 Å². The molecule has 0 aromatic carbocycles. The van der Waals surface area contributed by atoms with Gasteiger partial charge in [0.1, 0.15) is 18.3 Å². The highest BCUT2D eigenvalue weighted by molar-refractivity contribution is 5.86. The number of aromatic nitrogens is 6. The summed E-state index contributed by atoms with van der Waals surface area (Å²) in [4.78, 5) is 53.0. The molecule has 0 saturated heterocycles. The summed E-state index contributed by atoms with van der Waals surface area (Å²) in [7, 11) is 0. The molecule has 12 nitrogen and oxygen atoms in total. The van der Waals surface area contributed by atoms with Crippen molar-refractivity contribution < 1.29 is 14.0 Å². The Labute approximate surface area is 186 Å². The van der Waals surface area contributed by atoms with E-state index in [2.05, 4.69) is 25.6 Å². The molecule has 3 aromatic rings. The van der Waals surface area contributed by atoms with Crippen molar-refractivity contribution in [2.24, 2.45) is 5.73 Å². The first-order chi connectivity index (χ1) is 15.7. The van der Waals surface area contributed by atoms with Crippen molar-refractivity contribution in [2.75, 3.05) is 0 Å².